The zero-order chi connectivity index (χ0) is 13.3. The average molecular weight is 248 g/mol. The first-order valence-corrected chi connectivity index (χ1v) is 5.85. The number of fused-ring (bicyclic) bond motifs is 1. The molecule has 18 heavy (non-hydrogen) atoms. The van der Waals surface area contributed by atoms with Gasteiger partial charge in [0.15, 0.2) is 5.65 Å². The molecule has 6 nitrogen and oxygen atoms in total. The second-order valence-electron chi connectivity index (χ2n) is 4.31. The molecule has 0 aliphatic rings. The number of aryl methyl sites for hydroxylation is 1. The molecule has 2 heterocycles. The van der Waals surface area contributed by atoms with Gasteiger partial charge in [0.2, 0.25) is 0 Å². The van der Waals surface area contributed by atoms with Gasteiger partial charge in [0.1, 0.15) is 5.56 Å². The molecule has 0 bridgehead atoms. The number of nitrogens with one attached hydrogen (secondary N) is 1. The quantitative estimate of drug-likeness (QED) is 0.863. The van der Waals surface area contributed by atoms with Crippen molar-refractivity contribution in [2.75, 3.05) is 5.32 Å². The molecule has 1 unspecified atom stereocenters. The maximum absolute atomic E-state index is 11.2. The van der Waals surface area contributed by atoms with Crippen LogP contribution in [0.1, 0.15) is 30.6 Å². The summed E-state index contributed by atoms with van der Waals surface area (Å²) in [5, 5.41) is 17.3. The second kappa shape index (κ2) is 4.64. The van der Waals surface area contributed by atoms with Crippen molar-refractivity contribution in [1.29, 1.82) is 0 Å². The Morgan fingerprint density at radius 3 is 2.89 bits per heavy atom. The summed E-state index contributed by atoms with van der Waals surface area (Å²) in [5.74, 6) is -0.987. The molecule has 0 amide bonds. The number of nitrogens with zero attached hydrogens (tertiary/aromatic N) is 3. The first-order chi connectivity index (χ1) is 8.54. The summed E-state index contributed by atoms with van der Waals surface area (Å²) < 4.78 is 1.63. The zero-order valence-corrected chi connectivity index (χ0v) is 10.6. The molecule has 0 aliphatic carbocycles. The van der Waals surface area contributed by atoms with E-state index in [2.05, 4.69) is 15.4 Å². The van der Waals surface area contributed by atoms with E-state index < -0.39 is 5.97 Å². The third-order valence-corrected chi connectivity index (χ3v) is 3.00. The van der Waals surface area contributed by atoms with Gasteiger partial charge < -0.3 is 10.4 Å². The smallest absolute Gasteiger partial charge is 0.339 e. The maximum atomic E-state index is 11.2. The molecular weight excluding hydrogens is 232 g/mol. The third kappa shape index (κ3) is 2.01. The number of carboxylic acid groups (broad SMARTS) is 1. The number of hydrogen-bond acceptors (Lipinski definition) is 4. The van der Waals surface area contributed by atoms with E-state index in [0.717, 1.165) is 11.8 Å². The minimum Gasteiger partial charge on any atom is -0.478 e. The Morgan fingerprint density at radius 1 is 1.56 bits per heavy atom. The average Bonchev–Trinajstić information content (AvgIpc) is 2.71. The number of aromatic carboxylic acids is 1. The Bertz CT molecular complexity index is 591. The molecule has 2 aromatic heterocycles. The lowest BCUT2D eigenvalue weighted by atomic mass is 10.1. The molecule has 0 aliphatic heterocycles. The Kier molecular flexibility index (Phi) is 3.18. The van der Waals surface area contributed by atoms with Crippen LogP contribution < -0.4 is 5.32 Å². The van der Waals surface area contributed by atoms with Gasteiger partial charge in [-0.05, 0) is 13.3 Å². The fraction of sp³-hybridized carbons (Fsp3) is 0.417. The summed E-state index contributed by atoms with van der Waals surface area (Å²) in [4.78, 5) is 15.4. The number of carboxylic acids is 1. The van der Waals surface area contributed by atoms with Gasteiger partial charge in [-0.1, -0.05) is 6.92 Å². The van der Waals surface area contributed by atoms with E-state index in [1.807, 2.05) is 13.8 Å². The van der Waals surface area contributed by atoms with Crippen molar-refractivity contribution in [3.8, 4) is 0 Å². The highest BCUT2D eigenvalue weighted by Gasteiger charge is 2.17. The third-order valence-electron chi connectivity index (χ3n) is 3.00. The largest absolute Gasteiger partial charge is 0.478 e. The van der Waals surface area contributed by atoms with Crippen LogP contribution in [0.3, 0.4) is 0 Å². The first-order valence-electron chi connectivity index (χ1n) is 5.85. The Hall–Kier alpha value is -2.11. The predicted molar refractivity (Wildman–Crippen MR) is 68.8 cm³/mol. The van der Waals surface area contributed by atoms with Crippen LogP contribution in [0.2, 0.25) is 0 Å². The SMILES string of the molecule is CCC(C)Nc1c(C(=O)O)cnc2c1cnn2C. The molecule has 0 fully saturated rings. The number of rotatable bonds is 4. The molecule has 0 radical (unpaired) electrons. The van der Waals surface area contributed by atoms with E-state index in [0.29, 0.717) is 11.3 Å². The second-order valence-corrected chi connectivity index (χ2v) is 4.31. The highest BCUT2D eigenvalue weighted by molar-refractivity contribution is 6.03. The Morgan fingerprint density at radius 2 is 2.28 bits per heavy atom. The molecule has 0 saturated heterocycles. The fourth-order valence-electron chi connectivity index (χ4n) is 1.76. The van der Waals surface area contributed by atoms with Gasteiger partial charge in [-0.2, -0.15) is 5.10 Å². The molecule has 2 N–H and O–H groups in total. The molecule has 2 rings (SSSR count). The maximum Gasteiger partial charge on any atom is 0.339 e. The van der Waals surface area contributed by atoms with E-state index in [1.54, 1.807) is 17.9 Å². The molecule has 6 heteroatoms. The number of carbonyl (C=O) groups is 1. The number of anilines is 1. The van der Waals surface area contributed by atoms with Crippen molar-refractivity contribution in [2.45, 2.75) is 26.3 Å². The van der Waals surface area contributed by atoms with E-state index in [1.165, 1.54) is 6.20 Å². The summed E-state index contributed by atoms with van der Waals surface area (Å²) >= 11 is 0. The van der Waals surface area contributed by atoms with Gasteiger partial charge in [-0.3, -0.25) is 4.68 Å². The van der Waals surface area contributed by atoms with Crippen LogP contribution >= 0.6 is 0 Å². The lowest BCUT2D eigenvalue weighted by Crippen LogP contribution is -2.16. The minimum atomic E-state index is -0.987. The lowest BCUT2D eigenvalue weighted by Gasteiger charge is -2.15. The van der Waals surface area contributed by atoms with Crippen molar-refractivity contribution in [3.05, 3.63) is 18.0 Å². The Balaban J connectivity index is 2.62. The van der Waals surface area contributed by atoms with Gasteiger partial charge in [-0.25, -0.2) is 9.78 Å². The molecular formula is C12H16N4O2. The van der Waals surface area contributed by atoms with Crippen molar-refractivity contribution >= 4 is 22.7 Å². The molecule has 96 valence electrons. The topological polar surface area (TPSA) is 80.0 Å². The highest BCUT2D eigenvalue weighted by Crippen LogP contribution is 2.26. The molecule has 2 aromatic rings. The number of pyridine rings is 1. The van der Waals surface area contributed by atoms with Crippen molar-refractivity contribution in [2.24, 2.45) is 7.05 Å². The summed E-state index contributed by atoms with van der Waals surface area (Å²) in [6, 6.07) is 0.189. The summed E-state index contributed by atoms with van der Waals surface area (Å²) in [7, 11) is 1.78. The molecule has 0 aromatic carbocycles. The van der Waals surface area contributed by atoms with Gasteiger partial charge in [0.05, 0.1) is 17.3 Å². The highest BCUT2D eigenvalue weighted by atomic mass is 16.4. The van der Waals surface area contributed by atoms with Gasteiger partial charge in [0.25, 0.3) is 0 Å². The van der Waals surface area contributed by atoms with Crippen LogP contribution in [0.25, 0.3) is 11.0 Å². The summed E-state index contributed by atoms with van der Waals surface area (Å²) in [5.41, 5.74) is 1.44. The molecule has 1 atom stereocenters. The van der Waals surface area contributed by atoms with Crippen molar-refractivity contribution in [1.82, 2.24) is 14.8 Å². The first kappa shape index (κ1) is 12.3. The summed E-state index contributed by atoms with van der Waals surface area (Å²) in [6.45, 7) is 4.05. The van der Waals surface area contributed by atoms with E-state index in [-0.39, 0.29) is 11.6 Å². The van der Waals surface area contributed by atoms with E-state index in [9.17, 15) is 9.90 Å². The van der Waals surface area contributed by atoms with E-state index in [4.69, 9.17) is 0 Å². The van der Waals surface area contributed by atoms with Crippen molar-refractivity contribution in [3.63, 3.8) is 0 Å². The van der Waals surface area contributed by atoms with Crippen LogP contribution in [0.4, 0.5) is 5.69 Å². The minimum absolute atomic E-state index is 0.177. The Labute approximate surface area is 105 Å². The van der Waals surface area contributed by atoms with Gasteiger partial charge in [-0.15, -0.1) is 0 Å². The molecule has 0 spiro atoms. The number of hydrogen-bond donors (Lipinski definition) is 2. The summed E-state index contributed by atoms with van der Waals surface area (Å²) in [6.07, 6.45) is 3.92. The van der Waals surface area contributed by atoms with Gasteiger partial charge in [0, 0.05) is 19.3 Å². The standard InChI is InChI=1S/C12H16N4O2/c1-4-7(2)15-10-8-6-14-16(3)11(8)13-5-9(10)12(17)18/h5-7H,4H2,1-3H3,(H,13,15)(H,17,18). The van der Waals surface area contributed by atoms with Crippen LogP contribution in [0.5, 0.6) is 0 Å². The van der Waals surface area contributed by atoms with Crippen LogP contribution in [-0.2, 0) is 7.05 Å². The fourth-order valence-corrected chi connectivity index (χ4v) is 1.76. The monoisotopic (exact) mass is 248 g/mol. The van der Waals surface area contributed by atoms with Crippen molar-refractivity contribution < 1.29 is 9.90 Å². The van der Waals surface area contributed by atoms with Crippen LogP contribution in [0.15, 0.2) is 12.4 Å². The van der Waals surface area contributed by atoms with Crippen LogP contribution in [0, 0.1) is 0 Å². The van der Waals surface area contributed by atoms with Gasteiger partial charge >= 0.3 is 5.97 Å². The zero-order valence-electron chi connectivity index (χ0n) is 10.6. The lowest BCUT2D eigenvalue weighted by molar-refractivity contribution is 0.0697. The van der Waals surface area contributed by atoms with E-state index >= 15 is 0 Å². The normalized spacial score (nSPS) is 12.6. The predicted octanol–water partition coefficient (Wildman–Crippen LogP) is 1.88. The molecule has 0 saturated carbocycles. The number of aromatic nitrogens is 3. The van der Waals surface area contributed by atoms with Crippen LogP contribution in [-0.4, -0.2) is 31.9 Å².